The van der Waals surface area contributed by atoms with E-state index < -0.39 is 4.92 Å². The molecule has 2 rings (SSSR count). The van der Waals surface area contributed by atoms with Gasteiger partial charge in [0.25, 0.3) is 0 Å². The molecule has 7 nitrogen and oxygen atoms in total. The van der Waals surface area contributed by atoms with Crippen LogP contribution in [0.1, 0.15) is 18.3 Å². The van der Waals surface area contributed by atoms with Gasteiger partial charge in [0.1, 0.15) is 5.69 Å². The van der Waals surface area contributed by atoms with Crippen LogP contribution in [0.15, 0.2) is 18.3 Å². The fourth-order valence-corrected chi connectivity index (χ4v) is 1.83. The molecule has 1 N–H and O–H groups in total. The molecule has 2 heterocycles. The van der Waals surface area contributed by atoms with Crippen LogP contribution >= 0.6 is 0 Å². The predicted octanol–water partition coefficient (Wildman–Crippen LogP) is 2.50. The van der Waals surface area contributed by atoms with Crippen molar-refractivity contribution in [3.05, 3.63) is 39.8 Å². The minimum atomic E-state index is -0.458. The molecule has 104 valence electrons. The summed E-state index contributed by atoms with van der Waals surface area (Å²) in [7, 11) is 0. The zero-order valence-electron chi connectivity index (χ0n) is 11.5. The third-order valence-electron chi connectivity index (χ3n) is 2.76. The highest BCUT2D eigenvalue weighted by Crippen LogP contribution is 2.30. The molecule has 2 aromatic heterocycles. The molecule has 0 bridgehead atoms. The number of nitrogens with one attached hydrogen (secondary N) is 1. The Hall–Kier alpha value is -2.57. The van der Waals surface area contributed by atoms with E-state index in [9.17, 15) is 10.1 Å². The van der Waals surface area contributed by atoms with Crippen molar-refractivity contribution >= 4 is 11.6 Å². The molecule has 0 saturated heterocycles. The van der Waals surface area contributed by atoms with E-state index in [1.807, 2.05) is 13.8 Å². The second-order valence-corrected chi connectivity index (χ2v) is 4.31. The molecule has 0 aromatic carbocycles. The number of nitrogens with zero attached hydrogens (tertiary/aromatic N) is 4. The van der Waals surface area contributed by atoms with Gasteiger partial charge >= 0.3 is 5.69 Å². The lowest BCUT2D eigenvalue weighted by Gasteiger charge is -2.08. The fourth-order valence-electron chi connectivity index (χ4n) is 1.83. The Morgan fingerprint density at radius 1 is 1.30 bits per heavy atom. The van der Waals surface area contributed by atoms with E-state index in [1.54, 1.807) is 25.3 Å². The number of nitro groups is 1. The summed E-state index contributed by atoms with van der Waals surface area (Å²) in [6.07, 6.45) is 1.58. The molecule has 0 amide bonds. The zero-order chi connectivity index (χ0) is 14.7. The van der Waals surface area contributed by atoms with Crippen molar-refractivity contribution in [1.82, 2.24) is 15.0 Å². The Morgan fingerprint density at radius 3 is 2.60 bits per heavy atom. The Balaban J connectivity index is 2.64. The lowest BCUT2D eigenvalue weighted by molar-refractivity contribution is -0.385. The summed E-state index contributed by atoms with van der Waals surface area (Å²) in [5, 5.41) is 14.2. The van der Waals surface area contributed by atoms with E-state index in [0.29, 0.717) is 23.8 Å². The van der Waals surface area contributed by atoms with Crippen LogP contribution in [0, 0.1) is 24.0 Å². The number of rotatable bonds is 4. The van der Waals surface area contributed by atoms with Gasteiger partial charge in [-0.2, -0.15) is 0 Å². The van der Waals surface area contributed by atoms with Crippen molar-refractivity contribution in [1.29, 1.82) is 0 Å². The summed E-state index contributed by atoms with van der Waals surface area (Å²) < 4.78 is 0. The van der Waals surface area contributed by atoms with Crippen LogP contribution in [0.4, 0.5) is 11.6 Å². The minimum Gasteiger partial charge on any atom is -0.354 e. The smallest absolute Gasteiger partial charge is 0.316 e. The van der Waals surface area contributed by atoms with Gasteiger partial charge in [0.15, 0.2) is 5.69 Å². The van der Waals surface area contributed by atoms with Crippen LogP contribution in [0.5, 0.6) is 0 Å². The van der Waals surface area contributed by atoms with Crippen molar-refractivity contribution < 1.29 is 4.92 Å². The van der Waals surface area contributed by atoms with Gasteiger partial charge in [-0.3, -0.25) is 15.1 Å². The van der Waals surface area contributed by atoms with E-state index in [0.717, 1.165) is 5.69 Å². The van der Waals surface area contributed by atoms with Gasteiger partial charge in [0.05, 0.1) is 4.92 Å². The van der Waals surface area contributed by atoms with Crippen LogP contribution < -0.4 is 5.32 Å². The average Bonchev–Trinajstić information content (AvgIpc) is 2.38. The number of aryl methyl sites for hydroxylation is 2. The largest absolute Gasteiger partial charge is 0.354 e. The molecule has 0 atom stereocenters. The number of hydrogen-bond donors (Lipinski definition) is 1. The SMILES string of the molecule is CCNc1nc(C)c([N+](=O)[O-])c(-c2ccc(C)nc2)n1. The van der Waals surface area contributed by atoms with Crippen LogP contribution in [-0.4, -0.2) is 26.4 Å². The Morgan fingerprint density at radius 2 is 2.05 bits per heavy atom. The highest BCUT2D eigenvalue weighted by Gasteiger charge is 2.23. The van der Waals surface area contributed by atoms with E-state index in [4.69, 9.17) is 0 Å². The van der Waals surface area contributed by atoms with Crippen molar-refractivity contribution in [2.45, 2.75) is 20.8 Å². The molecule has 0 aliphatic heterocycles. The van der Waals surface area contributed by atoms with E-state index in [1.165, 1.54) is 0 Å². The van der Waals surface area contributed by atoms with Gasteiger partial charge in [-0.05, 0) is 32.9 Å². The standard InChI is InChI=1S/C13H15N5O2/c1-4-14-13-16-9(3)12(18(19)20)11(17-13)10-6-5-8(2)15-7-10/h5-7H,4H2,1-3H3,(H,14,16,17). The fraction of sp³-hybridized carbons (Fsp3) is 0.308. The van der Waals surface area contributed by atoms with Crippen LogP contribution in [0.25, 0.3) is 11.3 Å². The second-order valence-electron chi connectivity index (χ2n) is 4.31. The van der Waals surface area contributed by atoms with Gasteiger partial charge in [0.2, 0.25) is 5.95 Å². The van der Waals surface area contributed by atoms with Crippen molar-refractivity contribution in [3.8, 4) is 11.3 Å². The average molecular weight is 273 g/mol. The first-order valence-electron chi connectivity index (χ1n) is 6.23. The molecule has 0 aliphatic carbocycles. The molecule has 7 heteroatoms. The zero-order valence-corrected chi connectivity index (χ0v) is 11.5. The lowest BCUT2D eigenvalue weighted by atomic mass is 10.1. The van der Waals surface area contributed by atoms with Gasteiger partial charge in [-0.25, -0.2) is 9.97 Å². The predicted molar refractivity (Wildman–Crippen MR) is 75.6 cm³/mol. The topological polar surface area (TPSA) is 93.8 Å². The molecule has 0 spiro atoms. The molecular weight excluding hydrogens is 258 g/mol. The molecule has 0 saturated carbocycles. The monoisotopic (exact) mass is 273 g/mol. The summed E-state index contributed by atoms with van der Waals surface area (Å²) in [5.74, 6) is 0.381. The maximum absolute atomic E-state index is 11.2. The summed E-state index contributed by atoms with van der Waals surface area (Å²) in [6.45, 7) is 6.01. The third kappa shape index (κ3) is 2.71. The first-order valence-corrected chi connectivity index (χ1v) is 6.23. The van der Waals surface area contributed by atoms with E-state index in [2.05, 4.69) is 20.3 Å². The Labute approximate surface area is 116 Å². The molecule has 0 aliphatic rings. The summed E-state index contributed by atoms with van der Waals surface area (Å²) >= 11 is 0. The van der Waals surface area contributed by atoms with Gasteiger partial charge in [0, 0.05) is 24.0 Å². The van der Waals surface area contributed by atoms with Crippen molar-refractivity contribution in [2.24, 2.45) is 0 Å². The minimum absolute atomic E-state index is 0.0858. The highest BCUT2D eigenvalue weighted by atomic mass is 16.6. The van der Waals surface area contributed by atoms with Gasteiger partial charge in [-0.1, -0.05) is 0 Å². The third-order valence-corrected chi connectivity index (χ3v) is 2.76. The number of anilines is 1. The molecule has 0 unspecified atom stereocenters. The van der Waals surface area contributed by atoms with Crippen LogP contribution in [-0.2, 0) is 0 Å². The summed E-state index contributed by atoms with van der Waals surface area (Å²) in [6, 6.07) is 3.57. The Bertz CT molecular complexity index is 640. The van der Waals surface area contributed by atoms with Crippen LogP contribution in [0.2, 0.25) is 0 Å². The molecule has 2 aromatic rings. The maximum Gasteiger partial charge on any atom is 0.316 e. The van der Waals surface area contributed by atoms with Gasteiger partial charge < -0.3 is 5.32 Å². The lowest BCUT2D eigenvalue weighted by Crippen LogP contribution is -2.07. The van der Waals surface area contributed by atoms with Crippen LogP contribution in [0.3, 0.4) is 0 Å². The molecular formula is C13H15N5O2. The first kappa shape index (κ1) is 13.9. The summed E-state index contributed by atoms with van der Waals surface area (Å²) in [5.41, 5.74) is 1.97. The molecule has 0 radical (unpaired) electrons. The number of pyridine rings is 1. The molecule has 20 heavy (non-hydrogen) atoms. The normalized spacial score (nSPS) is 10.3. The quantitative estimate of drug-likeness (QED) is 0.679. The number of hydrogen-bond acceptors (Lipinski definition) is 6. The van der Waals surface area contributed by atoms with Gasteiger partial charge in [-0.15, -0.1) is 0 Å². The van der Waals surface area contributed by atoms with Crippen molar-refractivity contribution in [2.75, 3.05) is 11.9 Å². The first-order chi connectivity index (χ1) is 9.52. The van der Waals surface area contributed by atoms with E-state index >= 15 is 0 Å². The number of aromatic nitrogens is 3. The maximum atomic E-state index is 11.2. The Kier molecular flexibility index (Phi) is 3.88. The second kappa shape index (κ2) is 5.60. The summed E-state index contributed by atoms with van der Waals surface area (Å²) in [4.78, 5) is 23.3. The van der Waals surface area contributed by atoms with Crippen molar-refractivity contribution in [3.63, 3.8) is 0 Å². The van der Waals surface area contributed by atoms with E-state index in [-0.39, 0.29) is 11.4 Å². The molecule has 0 fully saturated rings. The highest BCUT2D eigenvalue weighted by molar-refractivity contribution is 5.71.